The van der Waals surface area contributed by atoms with Crippen LogP contribution in [0, 0.1) is 11.3 Å². The molecule has 0 aromatic heterocycles. The largest absolute Gasteiger partial charge is 0.350 e. The molecule has 1 aliphatic rings. The molecule has 0 bridgehead atoms. The molecule has 4 heteroatoms. The van der Waals surface area contributed by atoms with Crippen molar-refractivity contribution in [3.8, 4) is 28.3 Å². The number of rotatable bonds is 5. The molecule has 0 radical (unpaired) electrons. The fraction of sp³-hybridized carbons (Fsp3) is 0.0769. The summed E-state index contributed by atoms with van der Waals surface area (Å²) in [7, 11) is 2.14. The summed E-state index contributed by atoms with van der Waals surface area (Å²) in [5.74, 6) is 0.893. The normalized spacial score (nSPS) is 16.7. The minimum atomic E-state index is -0.181. The van der Waals surface area contributed by atoms with E-state index in [4.69, 9.17) is 10.3 Å². The van der Waals surface area contributed by atoms with E-state index in [-0.39, 0.29) is 12.3 Å². The molecule has 2 unspecified atom stereocenters. The highest BCUT2D eigenvalue weighted by Gasteiger charge is 2.32. The molecular formula is C39H30N4. The van der Waals surface area contributed by atoms with Crippen molar-refractivity contribution >= 4 is 16.6 Å². The maximum atomic E-state index is 9.13. The molecule has 0 saturated heterocycles. The van der Waals surface area contributed by atoms with E-state index >= 15 is 0 Å². The van der Waals surface area contributed by atoms with Gasteiger partial charge < -0.3 is 5.32 Å². The smallest absolute Gasteiger partial charge is 0.132 e. The number of nitrogens with one attached hydrogen (secondary N) is 1. The molecule has 0 aliphatic carbocycles. The third-order valence-corrected chi connectivity index (χ3v) is 8.26. The van der Waals surface area contributed by atoms with Gasteiger partial charge in [-0.3, -0.25) is 4.90 Å². The van der Waals surface area contributed by atoms with Crippen LogP contribution in [0.3, 0.4) is 0 Å². The van der Waals surface area contributed by atoms with E-state index < -0.39 is 0 Å². The van der Waals surface area contributed by atoms with Crippen molar-refractivity contribution in [2.45, 2.75) is 12.3 Å². The van der Waals surface area contributed by atoms with Gasteiger partial charge in [-0.15, -0.1) is 0 Å². The Morgan fingerprint density at radius 3 is 1.91 bits per heavy atom. The van der Waals surface area contributed by atoms with Crippen LogP contribution in [0.1, 0.15) is 34.6 Å². The minimum absolute atomic E-state index is 0.0351. The monoisotopic (exact) mass is 554 g/mol. The third-order valence-electron chi connectivity index (χ3n) is 8.26. The summed E-state index contributed by atoms with van der Waals surface area (Å²) in [5, 5.41) is 15.2. The molecule has 1 N–H and O–H groups in total. The van der Waals surface area contributed by atoms with Gasteiger partial charge in [0.2, 0.25) is 0 Å². The second kappa shape index (κ2) is 11.4. The van der Waals surface area contributed by atoms with Gasteiger partial charge in [-0.2, -0.15) is 5.26 Å². The van der Waals surface area contributed by atoms with Crippen LogP contribution in [0.2, 0.25) is 0 Å². The summed E-state index contributed by atoms with van der Waals surface area (Å²) in [6, 6.07) is 52.6. The first-order valence-electron chi connectivity index (χ1n) is 14.5. The first-order valence-corrected chi connectivity index (χ1v) is 14.5. The average Bonchev–Trinajstić information content (AvgIpc) is 3.09. The zero-order valence-electron chi connectivity index (χ0n) is 23.9. The topological polar surface area (TPSA) is 51.4 Å². The lowest BCUT2D eigenvalue weighted by Crippen LogP contribution is -2.46. The number of fused-ring (bicyclic) bond motifs is 1. The number of benzene rings is 6. The summed E-state index contributed by atoms with van der Waals surface area (Å²) in [6.45, 7) is 0. The molecule has 7 rings (SSSR count). The molecule has 2 atom stereocenters. The molecule has 6 aromatic rings. The highest BCUT2D eigenvalue weighted by molar-refractivity contribution is 6.01. The number of hydrogen-bond donors (Lipinski definition) is 1. The van der Waals surface area contributed by atoms with Crippen molar-refractivity contribution in [3.05, 3.63) is 168 Å². The van der Waals surface area contributed by atoms with Crippen LogP contribution in [0.25, 0.3) is 33.0 Å². The molecule has 43 heavy (non-hydrogen) atoms. The quantitative estimate of drug-likeness (QED) is 0.232. The van der Waals surface area contributed by atoms with E-state index in [1.807, 2.05) is 30.3 Å². The molecular weight excluding hydrogens is 524 g/mol. The second-order valence-electron chi connectivity index (χ2n) is 10.9. The van der Waals surface area contributed by atoms with Crippen molar-refractivity contribution in [3.63, 3.8) is 0 Å². The lowest BCUT2D eigenvalue weighted by molar-refractivity contribution is 0.153. The SMILES string of the molecule is CN1C(c2cccc3c(-c4ccc(-c5ccc(C#N)cc5)cc4)cccc23)N=C(c2ccccc2)NC1c1ccccc1. The van der Waals surface area contributed by atoms with Gasteiger partial charge in [0.25, 0.3) is 0 Å². The van der Waals surface area contributed by atoms with E-state index in [0.29, 0.717) is 5.56 Å². The fourth-order valence-corrected chi connectivity index (χ4v) is 6.01. The molecule has 6 aromatic carbocycles. The molecule has 0 fully saturated rings. The summed E-state index contributed by atoms with van der Waals surface area (Å²) >= 11 is 0. The first kappa shape index (κ1) is 26.4. The van der Waals surface area contributed by atoms with Gasteiger partial charge in [0.15, 0.2) is 0 Å². The predicted octanol–water partition coefficient (Wildman–Crippen LogP) is 8.72. The van der Waals surface area contributed by atoms with Crippen LogP contribution in [0.5, 0.6) is 0 Å². The Morgan fingerprint density at radius 1 is 0.605 bits per heavy atom. The summed E-state index contributed by atoms with van der Waals surface area (Å²) in [5.41, 5.74) is 8.68. The van der Waals surface area contributed by atoms with Crippen molar-refractivity contribution in [1.82, 2.24) is 10.2 Å². The lowest BCUT2D eigenvalue weighted by Gasteiger charge is -2.39. The zero-order chi connectivity index (χ0) is 29.2. The Morgan fingerprint density at radius 2 is 1.21 bits per heavy atom. The van der Waals surface area contributed by atoms with Gasteiger partial charge in [-0.1, -0.05) is 133 Å². The van der Waals surface area contributed by atoms with Crippen LogP contribution in [-0.4, -0.2) is 17.8 Å². The number of aliphatic imine (C=N–C) groups is 1. The fourth-order valence-electron chi connectivity index (χ4n) is 6.01. The lowest BCUT2D eigenvalue weighted by atomic mass is 9.93. The average molecular weight is 555 g/mol. The van der Waals surface area contributed by atoms with Gasteiger partial charge in [-0.05, 0) is 63.3 Å². The van der Waals surface area contributed by atoms with Crippen LogP contribution in [0.4, 0.5) is 0 Å². The second-order valence-corrected chi connectivity index (χ2v) is 10.9. The molecule has 0 spiro atoms. The Labute approximate surface area is 252 Å². The molecule has 206 valence electrons. The molecule has 4 nitrogen and oxygen atoms in total. The number of nitrogens with zero attached hydrogens (tertiary/aromatic N) is 3. The predicted molar refractivity (Wildman–Crippen MR) is 175 cm³/mol. The van der Waals surface area contributed by atoms with Crippen molar-refractivity contribution < 1.29 is 0 Å². The van der Waals surface area contributed by atoms with Gasteiger partial charge >= 0.3 is 0 Å². The Bertz CT molecular complexity index is 1960. The molecule has 1 aliphatic heterocycles. The minimum Gasteiger partial charge on any atom is -0.350 e. The van der Waals surface area contributed by atoms with Crippen LogP contribution in [0.15, 0.2) is 151 Å². The van der Waals surface area contributed by atoms with Crippen LogP contribution >= 0.6 is 0 Å². The summed E-state index contributed by atoms with van der Waals surface area (Å²) in [4.78, 5) is 7.62. The van der Waals surface area contributed by atoms with Gasteiger partial charge in [0.1, 0.15) is 18.2 Å². The van der Waals surface area contributed by atoms with Crippen LogP contribution < -0.4 is 5.32 Å². The van der Waals surface area contributed by atoms with E-state index in [2.05, 4.69) is 139 Å². The molecule has 1 heterocycles. The standard InChI is InChI=1S/C39H30N4/c1-43-38(32-12-6-3-7-13-32)41-37(31-10-4-2-5-11-31)42-39(43)36-17-9-15-34-33(14-8-16-35(34)36)30-24-22-29(23-25-30)28-20-18-27(26-40)19-21-28/h2-25,38-39H,1H3,(H,41,42). The first-order chi connectivity index (χ1) is 21.2. The molecule has 0 amide bonds. The van der Waals surface area contributed by atoms with Crippen molar-refractivity contribution in [2.75, 3.05) is 7.05 Å². The van der Waals surface area contributed by atoms with E-state index in [1.165, 1.54) is 27.5 Å². The zero-order valence-corrected chi connectivity index (χ0v) is 23.9. The van der Waals surface area contributed by atoms with Gasteiger partial charge in [-0.25, -0.2) is 4.99 Å². The maximum Gasteiger partial charge on any atom is 0.132 e. The van der Waals surface area contributed by atoms with Crippen molar-refractivity contribution in [1.29, 1.82) is 5.26 Å². The van der Waals surface area contributed by atoms with E-state index in [1.54, 1.807) is 0 Å². The number of hydrogen-bond acceptors (Lipinski definition) is 4. The third kappa shape index (κ3) is 5.08. The Hall–Kier alpha value is -5.50. The van der Waals surface area contributed by atoms with Gasteiger partial charge in [0.05, 0.1) is 11.6 Å². The Kier molecular flexibility index (Phi) is 7.00. The summed E-state index contributed by atoms with van der Waals surface area (Å²) < 4.78 is 0. The highest BCUT2D eigenvalue weighted by Crippen LogP contribution is 2.39. The maximum absolute atomic E-state index is 9.13. The van der Waals surface area contributed by atoms with E-state index in [0.717, 1.165) is 28.1 Å². The summed E-state index contributed by atoms with van der Waals surface area (Å²) in [6.07, 6.45) is -0.216. The van der Waals surface area contributed by atoms with Gasteiger partial charge in [0, 0.05) is 5.56 Å². The molecule has 0 saturated carbocycles. The number of nitriles is 1. The highest BCUT2D eigenvalue weighted by atomic mass is 15.4. The van der Waals surface area contributed by atoms with E-state index in [9.17, 15) is 0 Å². The number of amidine groups is 1. The van der Waals surface area contributed by atoms with Crippen LogP contribution in [-0.2, 0) is 0 Å². The van der Waals surface area contributed by atoms with Crippen molar-refractivity contribution in [2.24, 2.45) is 4.99 Å². The Balaban J connectivity index is 1.30.